The third-order valence-corrected chi connectivity index (χ3v) is 3.53. The highest BCUT2D eigenvalue weighted by molar-refractivity contribution is 9.08. The van der Waals surface area contributed by atoms with E-state index in [1.165, 1.54) is 0 Å². The lowest BCUT2D eigenvalue weighted by atomic mass is 10.1. The fraction of sp³-hybridized carbons (Fsp3) is 0.600. The van der Waals surface area contributed by atoms with Gasteiger partial charge in [0.1, 0.15) is 0 Å². The number of nitrogens with zero attached hydrogens (tertiary/aromatic N) is 2. The maximum atomic E-state index is 10.9. The number of anilines is 1. The molecule has 0 atom stereocenters. The van der Waals surface area contributed by atoms with Gasteiger partial charge >= 0.3 is 0 Å². The maximum absolute atomic E-state index is 10.9. The fourth-order valence-corrected chi connectivity index (χ4v) is 2.70. The van der Waals surface area contributed by atoms with Crippen LogP contribution in [-0.2, 0) is 5.33 Å². The number of halogens is 1. The lowest BCUT2D eigenvalue weighted by Crippen LogP contribution is -2.32. The lowest BCUT2D eigenvalue weighted by molar-refractivity contribution is -0.384. The third-order valence-electron chi connectivity index (χ3n) is 2.93. The SMILES string of the molecule is CC(C)CN(CC(C)C)c1ccc([N+](=O)[O-])cc1CBr. The van der Waals surface area contributed by atoms with Crippen LogP contribution in [0.25, 0.3) is 0 Å². The molecule has 1 rings (SSSR count). The molecule has 0 spiro atoms. The van der Waals surface area contributed by atoms with Crippen molar-refractivity contribution >= 4 is 27.3 Å². The Labute approximate surface area is 129 Å². The number of nitro benzene ring substituents is 1. The van der Waals surface area contributed by atoms with Crippen LogP contribution >= 0.6 is 15.9 Å². The normalized spacial score (nSPS) is 11.2. The maximum Gasteiger partial charge on any atom is 0.269 e. The molecule has 0 aromatic heterocycles. The second-order valence-corrected chi connectivity index (χ2v) is 6.46. The molecule has 1 aromatic carbocycles. The van der Waals surface area contributed by atoms with Crippen molar-refractivity contribution in [1.82, 2.24) is 0 Å². The van der Waals surface area contributed by atoms with Crippen LogP contribution in [0.3, 0.4) is 0 Å². The molecule has 0 amide bonds. The molecule has 0 fully saturated rings. The van der Waals surface area contributed by atoms with E-state index in [0.717, 1.165) is 24.3 Å². The molecular weight excluding hydrogens is 320 g/mol. The van der Waals surface area contributed by atoms with Gasteiger partial charge < -0.3 is 4.90 Å². The minimum atomic E-state index is -0.342. The molecule has 0 radical (unpaired) electrons. The van der Waals surface area contributed by atoms with E-state index in [4.69, 9.17) is 0 Å². The molecule has 4 nitrogen and oxygen atoms in total. The average Bonchev–Trinajstić information content (AvgIpc) is 2.35. The minimum absolute atomic E-state index is 0.150. The van der Waals surface area contributed by atoms with Gasteiger partial charge in [-0.2, -0.15) is 0 Å². The Morgan fingerprint density at radius 2 is 1.75 bits per heavy atom. The first-order valence-corrected chi connectivity index (χ1v) is 8.05. The molecule has 0 saturated heterocycles. The summed E-state index contributed by atoms with van der Waals surface area (Å²) in [6, 6.07) is 5.13. The van der Waals surface area contributed by atoms with E-state index in [9.17, 15) is 10.1 Å². The van der Waals surface area contributed by atoms with Gasteiger partial charge in [0.15, 0.2) is 0 Å². The predicted molar refractivity (Wildman–Crippen MR) is 87.6 cm³/mol. The number of nitro groups is 1. The van der Waals surface area contributed by atoms with Gasteiger partial charge in [-0.1, -0.05) is 43.6 Å². The van der Waals surface area contributed by atoms with E-state index in [1.807, 2.05) is 6.07 Å². The van der Waals surface area contributed by atoms with Gasteiger partial charge in [-0.05, 0) is 23.5 Å². The number of hydrogen-bond donors (Lipinski definition) is 0. The summed E-state index contributed by atoms with van der Waals surface area (Å²) in [7, 11) is 0. The quantitative estimate of drug-likeness (QED) is 0.413. The van der Waals surface area contributed by atoms with E-state index in [-0.39, 0.29) is 10.6 Å². The Balaban J connectivity index is 3.14. The van der Waals surface area contributed by atoms with Crippen molar-refractivity contribution < 1.29 is 4.92 Å². The summed E-state index contributed by atoms with van der Waals surface area (Å²) in [5, 5.41) is 11.5. The van der Waals surface area contributed by atoms with Gasteiger partial charge in [0.25, 0.3) is 5.69 Å². The third kappa shape index (κ3) is 4.78. The topological polar surface area (TPSA) is 46.4 Å². The summed E-state index contributed by atoms with van der Waals surface area (Å²) in [5.41, 5.74) is 2.22. The van der Waals surface area contributed by atoms with Crippen LogP contribution in [0.2, 0.25) is 0 Å². The molecule has 0 saturated carbocycles. The highest BCUT2D eigenvalue weighted by Crippen LogP contribution is 2.28. The first-order chi connectivity index (χ1) is 9.35. The molecular formula is C15H23BrN2O2. The lowest BCUT2D eigenvalue weighted by Gasteiger charge is -2.30. The summed E-state index contributed by atoms with van der Waals surface area (Å²) in [4.78, 5) is 12.9. The van der Waals surface area contributed by atoms with Crippen LogP contribution < -0.4 is 4.90 Å². The van der Waals surface area contributed by atoms with E-state index in [2.05, 4.69) is 48.5 Å². The smallest absolute Gasteiger partial charge is 0.269 e. The minimum Gasteiger partial charge on any atom is -0.371 e. The first-order valence-electron chi connectivity index (χ1n) is 6.93. The molecule has 5 heteroatoms. The highest BCUT2D eigenvalue weighted by Gasteiger charge is 2.17. The fourth-order valence-electron chi connectivity index (χ4n) is 2.25. The summed E-state index contributed by atoms with van der Waals surface area (Å²) >= 11 is 3.44. The van der Waals surface area contributed by atoms with Crippen molar-refractivity contribution in [2.45, 2.75) is 33.0 Å². The zero-order chi connectivity index (χ0) is 15.3. The van der Waals surface area contributed by atoms with Crippen LogP contribution in [0, 0.1) is 22.0 Å². The molecule has 0 bridgehead atoms. The second-order valence-electron chi connectivity index (χ2n) is 5.90. The molecule has 112 valence electrons. The monoisotopic (exact) mass is 342 g/mol. The molecule has 0 aliphatic rings. The van der Waals surface area contributed by atoms with E-state index in [1.54, 1.807) is 12.1 Å². The van der Waals surface area contributed by atoms with Crippen LogP contribution in [0.15, 0.2) is 18.2 Å². The largest absolute Gasteiger partial charge is 0.371 e. The predicted octanol–water partition coefficient (Wildman–Crippen LogP) is 4.61. The van der Waals surface area contributed by atoms with Gasteiger partial charge in [-0.15, -0.1) is 0 Å². The van der Waals surface area contributed by atoms with Crippen molar-refractivity contribution in [3.8, 4) is 0 Å². The van der Waals surface area contributed by atoms with Gasteiger partial charge in [-0.25, -0.2) is 0 Å². The van der Waals surface area contributed by atoms with Crippen molar-refractivity contribution in [1.29, 1.82) is 0 Å². The number of benzene rings is 1. The summed E-state index contributed by atoms with van der Waals surface area (Å²) in [5.74, 6) is 1.10. The Morgan fingerprint density at radius 1 is 1.20 bits per heavy atom. The van der Waals surface area contributed by atoms with E-state index >= 15 is 0 Å². The van der Waals surface area contributed by atoms with E-state index in [0.29, 0.717) is 17.2 Å². The van der Waals surface area contributed by atoms with Crippen LogP contribution in [-0.4, -0.2) is 18.0 Å². The molecule has 1 aromatic rings. The van der Waals surface area contributed by atoms with Gasteiger partial charge in [0.2, 0.25) is 0 Å². The Bertz CT molecular complexity index is 451. The molecule has 20 heavy (non-hydrogen) atoms. The molecule has 0 aliphatic carbocycles. The van der Waals surface area contributed by atoms with E-state index < -0.39 is 0 Å². The number of non-ortho nitro benzene ring substituents is 1. The molecule has 0 unspecified atom stereocenters. The summed E-state index contributed by atoms with van der Waals surface area (Å²) < 4.78 is 0. The first kappa shape index (κ1) is 17.0. The molecule has 0 heterocycles. The number of hydrogen-bond acceptors (Lipinski definition) is 3. The Hall–Kier alpha value is -1.10. The zero-order valence-electron chi connectivity index (χ0n) is 12.6. The van der Waals surface area contributed by atoms with Crippen molar-refractivity contribution in [2.75, 3.05) is 18.0 Å². The van der Waals surface area contributed by atoms with Crippen LogP contribution in [0.1, 0.15) is 33.3 Å². The van der Waals surface area contributed by atoms with Crippen molar-refractivity contribution in [2.24, 2.45) is 11.8 Å². The standard InChI is InChI=1S/C15H23BrN2O2/c1-11(2)9-17(10-12(3)4)15-6-5-14(18(19)20)7-13(15)8-16/h5-7,11-12H,8-10H2,1-4H3. The van der Waals surface area contributed by atoms with Gasteiger partial charge in [0, 0.05) is 36.2 Å². The Morgan fingerprint density at radius 3 is 2.15 bits per heavy atom. The Kier molecular flexibility index (Phi) is 6.46. The second kappa shape index (κ2) is 7.62. The van der Waals surface area contributed by atoms with Gasteiger partial charge in [0.05, 0.1) is 4.92 Å². The number of alkyl halides is 1. The zero-order valence-corrected chi connectivity index (χ0v) is 14.2. The summed E-state index contributed by atoms with van der Waals surface area (Å²) in [6.45, 7) is 10.7. The van der Waals surface area contributed by atoms with Crippen LogP contribution in [0.5, 0.6) is 0 Å². The van der Waals surface area contributed by atoms with Gasteiger partial charge in [-0.3, -0.25) is 10.1 Å². The van der Waals surface area contributed by atoms with Crippen LogP contribution in [0.4, 0.5) is 11.4 Å². The average molecular weight is 343 g/mol. The highest BCUT2D eigenvalue weighted by atomic mass is 79.9. The van der Waals surface area contributed by atoms with Crippen molar-refractivity contribution in [3.05, 3.63) is 33.9 Å². The molecule has 0 N–H and O–H groups in total. The molecule has 0 aliphatic heterocycles. The number of rotatable bonds is 7. The summed E-state index contributed by atoms with van der Waals surface area (Å²) in [6.07, 6.45) is 0. The van der Waals surface area contributed by atoms with Crippen molar-refractivity contribution in [3.63, 3.8) is 0 Å².